The Hall–Kier alpha value is -1.18. The van der Waals surface area contributed by atoms with Crippen LogP contribution in [0.15, 0.2) is 11.2 Å². The largest absolute Gasteiger partial charge is 0.405 e. The van der Waals surface area contributed by atoms with Crippen LogP contribution in [0.3, 0.4) is 0 Å². The van der Waals surface area contributed by atoms with Gasteiger partial charge in [-0.1, -0.05) is 11.8 Å². The summed E-state index contributed by atoms with van der Waals surface area (Å²) in [6.45, 7) is 2.37. The maximum atomic E-state index is 12.6. The fraction of sp³-hybridized carbons (Fsp3) is 0.636. The van der Waals surface area contributed by atoms with Crippen molar-refractivity contribution in [1.29, 1.82) is 0 Å². The van der Waals surface area contributed by atoms with Crippen molar-refractivity contribution in [3.05, 3.63) is 6.07 Å². The number of thioether (sulfide) groups is 1. The predicted molar refractivity (Wildman–Crippen MR) is 71.9 cm³/mol. The van der Waals surface area contributed by atoms with Gasteiger partial charge in [-0.25, -0.2) is 9.97 Å². The molecule has 0 atom stereocenters. The average Bonchev–Trinajstić information content (AvgIpc) is 2.33. The molecule has 0 bridgehead atoms. The molecule has 1 heterocycles. The van der Waals surface area contributed by atoms with Crippen LogP contribution in [0, 0.1) is 0 Å². The molecule has 0 aliphatic rings. The summed E-state index contributed by atoms with van der Waals surface area (Å²) in [4.78, 5) is 9.50. The standard InChI is InChI=1S/C11H17F3N4S/c1-7(2)18(6-11(12,13)14)9-5-8(15-3)16-10(17-9)19-4/h5,7H,6H2,1-4H3,(H,15,16,17). The maximum Gasteiger partial charge on any atom is 0.405 e. The highest BCUT2D eigenvalue weighted by molar-refractivity contribution is 7.98. The second-order valence-electron chi connectivity index (χ2n) is 4.18. The van der Waals surface area contributed by atoms with Gasteiger partial charge in [0.05, 0.1) is 0 Å². The van der Waals surface area contributed by atoms with E-state index in [4.69, 9.17) is 0 Å². The zero-order chi connectivity index (χ0) is 14.6. The maximum absolute atomic E-state index is 12.6. The van der Waals surface area contributed by atoms with Crippen LogP contribution in [0.5, 0.6) is 0 Å². The van der Waals surface area contributed by atoms with Gasteiger partial charge in [-0.3, -0.25) is 0 Å². The Labute approximate surface area is 114 Å². The number of nitrogens with zero attached hydrogens (tertiary/aromatic N) is 3. The van der Waals surface area contributed by atoms with Crippen LogP contribution < -0.4 is 10.2 Å². The summed E-state index contributed by atoms with van der Waals surface area (Å²) in [6.07, 6.45) is -2.49. The van der Waals surface area contributed by atoms with E-state index >= 15 is 0 Å². The lowest BCUT2D eigenvalue weighted by atomic mass is 10.3. The monoisotopic (exact) mass is 294 g/mol. The summed E-state index contributed by atoms with van der Waals surface area (Å²) in [5.74, 6) is 0.776. The molecule has 0 aliphatic carbocycles. The molecule has 1 rings (SSSR count). The number of alkyl halides is 3. The second kappa shape index (κ2) is 6.31. The van der Waals surface area contributed by atoms with Gasteiger partial charge in [0.15, 0.2) is 5.16 Å². The smallest absolute Gasteiger partial charge is 0.373 e. The number of halogens is 3. The molecule has 0 unspecified atom stereocenters. The van der Waals surface area contributed by atoms with Gasteiger partial charge in [-0.2, -0.15) is 13.2 Å². The van der Waals surface area contributed by atoms with Crippen LogP contribution in [0.2, 0.25) is 0 Å². The Kier molecular flexibility index (Phi) is 5.28. The van der Waals surface area contributed by atoms with Crippen LogP contribution in [0.4, 0.5) is 24.8 Å². The molecule has 0 radical (unpaired) electrons. The number of anilines is 2. The molecule has 0 fully saturated rings. The van der Waals surface area contributed by atoms with Crippen molar-refractivity contribution >= 4 is 23.4 Å². The van der Waals surface area contributed by atoms with Crippen molar-refractivity contribution in [2.75, 3.05) is 30.1 Å². The third-order valence-electron chi connectivity index (χ3n) is 2.40. The topological polar surface area (TPSA) is 41.0 Å². The van der Waals surface area contributed by atoms with E-state index in [0.717, 1.165) is 0 Å². The molecule has 0 spiro atoms. The fourth-order valence-electron chi connectivity index (χ4n) is 1.50. The van der Waals surface area contributed by atoms with Crippen molar-refractivity contribution in [2.24, 2.45) is 0 Å². The molecule has 0 aliphatic heterocycles. The van der Waals surface area contributed by atoms with E-state index in [1.807, 2.05) is 0 Å². The van der Waals surface area contributed by atoms with Gasteiger partial charge in [0.2, 0.25) is 0 Å². The number of hydrogen-bond donors (Lipinski definition) is 1. The van der Waals surface area contributed by atoms with E-state index in [2.05, 4.69) is 15.3 Å². The number of hydrogen-bond acceptors (Lipinski definition) is 5. The van der Waals surface area contributed by atoms with Crippen molar-refractivity contribution in [3.63, 3.8) is 0 Å². The van der Waals surface area contributed by atoms with Gasteiger partial charge >= 0.3 is 6.18 Å². The van der Waals surface area contributed by atoms with E-state index in [-0.39, 0.29) is 11.9 Å². The molecule has 108 valence electrons. The molecule has 1 aromatic heterocycles. The highest BCUT2D eigenvalue weighted by atomic mass is 32.2. The molecular formula is C11H17F3N4S. The number of nitrogens with one attached hydrogen (secondary N) is 1. The normalized spacial score (nSPS) is 11.8. The lowest BCUT2D eigenvalue weighted by Crippen LogP contribution is -2.39. The van der Waals surface area contributed by atoms with E-state index < -0.39 is 12.7 Å². The summed E-state index contributed by atoms with van der Waals surface area (Å²) in [5.41, 5.74) is 0. The van der Waals surface area contributed by atoms with Crippen molar-refractivity contribution in [3.8, 4) is 0 Å². The summed E-state index contributed by atoms with van der Waals surface area (Å²) in [7, 11) is 1.67. The van der Waals surface area contributed by atoms with Gasteiger partial charge in [0, 0.05) is 19.2 Å². The van der Waals surface area contributed by atoms with E-state index in [0.29, 0.717) is 11.0 Å². The Balaban J connectivity index is 3.14. The zero-order valence-electron chi connectivity index (χ0n) is 11.2. The lowest BCUT2D eigenvalue weighted by molar-refractivity contribution is -0.120. The Morgan fingerprint density at radius 1 is 1.37 bits per heavy atom. The predicted octanol–water partition coefficient (Wildman–Crippen LogP) is 3.02. The summed E-state index contributed by atoms with van der Waals surface area (Å²) < 4.78 is 37.8. The number of aromatic nitrogens is 2. The van der Waals surface area contributed by atoms with Gasteiger partial charge < -0.3 is 10.2 Å². The first-order chi connectivity index (χ1) is 8.76. The summed E-state index contributed by atoms with van der Waals surface area (Å²) >= 11 is 1.29. The minimum Gasteiger partial charge on any atom is -0.373 e. The first-order valence-corrected chi connectivity index (χ1v) is 6.93. The van der Waals surface area contributed by atoms with Crippen molar-refractivity contribution in [1.82, 2.24) is 9.97 Å². The van der Waals surface area contributed by atoms with Crippen LogP contribution in [-0.4, -0.2) is 42.0 Å². The molecule has 0 saturated heterocycles. The van der Waals surface area contributed by atoms with Gasteiger partial charge in [-0.05, 0) is 20.1 Å². The van der Waals surface area contributed by atoms with Crippen molar-refractivity contribution in [2.45, 2.75) is 31.2 Å². The van der Waals surface area contributed by atoms with Crippen molar-refractivity contribution < 1.29 is 13.2 Å². The molecule has 8 heteroatoms. The van der Waals surface area contributed by atoms with Gasteiger partial charge in [0.1, 0.15) is 18.2 Å². The summed E-state index contributed by atoms with van der Waals surface area (Å²) in [5, 5.41) is 3.27. The van der Waals surface area contributed by atoms with E-state index in [1.165, 1.54) is 22.7 Å². The van der Waals surface area contributed by atoms with E-state index in [9.17, 15) is 13.2 Å². The molecule has 1 N–H and O–H groups in total. The Morgan fingerprint density at radius 2 is 2.00 bits per heavy atom. The molecule has 19 heavy (non-hydrogen) atoms. The average molecular weight is 294 g/mol. The fourth-order valence-corrected chi connectivity index (χ4v) is 1.88. The molecule has 0 saturated carbocycles. The minimum absolute atomic E-state index is 0.274. The highest BCUT2D eigenvalue weighted by Gasteiger charge is 2.32. The first kappa shape index (κ1) is 15.9. The quantitative estimate of drug-likeness (QED) is 0.668. The van der Waals surface area contributed by atoms with Crippen LogP contribution in [0.1, 0.15) is 13.8 Å². The third kappa shape index (κ3) is 4.77. The van der Waals surface area contributed by atoms with Gasteiger partial charge in [-0.15, -0.1) is 0 Å². The highest BCUT2D eigenvalue weighted by Crippen LogP contribution is 2.25. The molecule has 4 nitrogen and oxygen atoms in total. The van der Waals surface area contributed by atoms with Crippen LogP contribution >= 0.6 is 11.8 Å². The Morgan fingerprint density at radius 3 is 2.42 bits per heavy atom. The molecular weight excluding hydrogens is 277 g/mol. The lowest BCUT2D eigenvalue weighted by Gasteiger charge is -2.29. The van der Waals surface area contributed by atoms with Crippen LogP contribution in [-0.2, 0) is 0 Å². The Bertz CT molecular complexity index is 401. The molecule has 0 aromatic carbocycles. The van der Waals surface area contributed by atoms with Crippen LogP contribution in [0.25, 0.3) is 0 Å². The third-order valence-corrected chi connectivity index (χ3v) is 2.95. The van der Waals surface area contributed by atoms with Gasteiger partial charge in [0.25, 0.3) is 0 Å². The molecule has 1 aromatic rings. The second-order valence-corrected chi connectivity index (χ2v) is 4.96. The first-order valence-electron chi connectivity index (χ1n) is 5.71. The summed E-state index contributed by atoms with van der Waals surface area (Å²) in [6, 6.07) is 1.21. The SMILES string of the molecule is CNc1cc(N(CC(F)(F)F)C(C)C)nc(SC)n1. The zero-order valence-corrected chi connectivity index (χ0v) is 12.1. The minimum atomic E-state index is -4.27. The number of rotatable bonds is 5. The molecule has 0 amide bonds. The van der Waals surface area contributed by atoms with E-state index in [1.54, 1.807) is 27.2 Å².